The van der Waals surface area contributed by atoms with Crippen LogP contribution in [0.15, 0.2) is 46.9 Å². The summed E-state index contributed by atoms with van der Waals surface area (Å²) in [6, 6.07) is 12.1. The Morgan fingerprint density at radius 2 is 1.81 bits per heavy atom. The lowest BCUT2D eigenvalue weighted by molar-refractivity contribution is 0.0954. The van der Waals surface area contributed by atoms with Crippen molar-refractivity contribution in [3.8, 4) is 5.75 Å². The van der Waals surface area contributed by atoms with Gasteiger partial charge in [0.15, 0.2) is 0 Å². The summed E-state index contributed by atoms with van der Waals surface area (Å²) in [6.07, 6.45) is 1.76. The summed E-state index contributed by atoms with van der Waals surface area (Å²) < 4.78 is 6.31. The maximum absolute atomic E-state index is 12.6. The van der Waals surface area contributed by atoms with Gasteiger partial charge in [-0.25, -0.2) is 0 Å². The highest BCUT2D eigenvalue weighted by Gasteiger charge is 2.14. The lowest BCUT2D eigenvalue weighted by atomic mass is 10.1. The van der Waals surface area contributed by atoms with Gasteiger partial charge in [0.05, 0.1) is 22.3 Å². The molecule has 0 aliphatic rings. The van der Waals surface area contributed by atoms with Gasteiger partial charge in [-0.3, -0.25) is 9.59 Å². The Morgan fingerprint density at radius 1 is 1.04 bits per heavy atom. The first-order valence-electron chi connectivity index (χ1n) is 8.67. The summed E-state index contributed by atoms with van der Waals surface area (Å²) >= 11 is 3.43. The third-order valence-electron chi connectivity index (χ3n) is 3.61. The summed E-state index contributed by atoms with van der Waals surface area (Å²) in [6.45, 7) is 5.22. The number of halogens is 1. The molecule has 0 aromatic heterocycles. The van der Waals surface area contributed by atoms with Gasteiger partial charge in [0.1, 0.15) is 5.75 Å². The zero-order chi connectivity index (χ0) is 18.9. The van der Waals surface area contributed by atoms with Crippen molar-refractivity contribution in [2.24, 2.45) is 0 Å². The van der Waals surface area contributed by atoms with Crippen molar-refractivity contribution in [2.75, 3.05) is 18.5 Å². The third-order valence-corrected chi connectivity index (χ3v) is 4.23. The molecule has 0 unspecified atom stereocenters. The van der Waals surface area contributed by atoms with E-state index in [2.05, 4.69) is 26.6 Å². The van der Waals surface area contributed by atoms with Crippen LogP contribution in [0.3, 0.4) is 0 Å². The Morgan fingerprint density at radius 3 is 2.50 bits per heavy atom. The van der Waals surface area contributed by atoms with Crippen LogP contribution in [0, 0.1) is 0 Å². The van der Waals surface area contributed by atoms with E-state index < -0.39 is 0 Å². The van der Waals surface area contributed by atoms with Crippen molar-refractivity contribution < 1.29 is 14.3 Å². The number of hydrogen-bond donors (Lipinski definition) is 2. The van der Waals surface area contributed by atoms with Crippen molar-refractivity contribution in [3.05, 3.63) is 58.1 Å². The Labute approximate surface area is 162 Å². The summed E-state index contributed by atoms with van der Waals surface area (Å²) in [5.74, 6) is 0.207. The Kier molecular flexibility index (Phi) is 7.66. The molecular weight excluding hydrogens is 396 g/mol. The highest BCUT2D eigenvalue weighted by Crippen LogP contribution is 2.27. The van der Waals surface area contributed by atoms with Gasteiger partial charge in [-0.2, -0.15) is 0 Å². The number of benzene rings is 2. The molecule has 0 aliphatic heterocycles. The number of rotatable bonds is 8. The van der Waals surface area contributed by atoms with Crippen molar-refractivity contribution >= 4 is 33.4 Å². The second-order valence-corrected chi connectivity index (χ2v) is 6.60. The zero-order valence-corrected chi connectivity index (χ0v) is 16.6. The SMILES string of the molecule is CCCNC(=O)c1ccccc1NC(=O)c1ccc(OCCC)c(Br)c1. The van der Waals surface area contributed by atoms with E-state index in [-0.39, 0.29) is 11.8 Å². The van der Waals surface area contributed by atoms with Gasteiger partial charge in [0, 0.05) is 12.1 Å². The standard InChI is InChI=1S/C20H23BrN2O3/c1-3-11-22-20(25)15-7-5-6-8-17(15)23-19(24)14-9-10-18(16(21)13-14)26-12-4-2/h5-10,13H,3-4,11-12H2,1-2H3,(H,22,25)(H,23,24). The van der Waals surface area contributed by atoms with Crippen molar-refractivity contribution in [1.29, 1.82) is 0 Å². The molecule has 2 aromatic carbocycles. The molecule has 0 bridgehead atoms. The summed E-state index contributed by atoms with van der Waals surface area (Å²) in [4.78, 5) is 24.8. The number of carbonyl (C=O) groups excluding carboxylic acids is 2. The van der Waals surface area contributed by atoms with Crippen molar-refractivity contribution in [2.45, 2.75) is 26.7 Å². The van der Waals surface area contributed by atoms with Gasteiger partial charge in [0.2, 0.25) is 0 Å². The summed E-state index contributed by atoms with van der Waals surface area (Å²) in [5, 5.41) is 5.64. The predicted octanol–water partition coefficient (Wildman–Crippen LogP) is 4.63. The predicted molar refractivity (Wildman–Crippen MR) is 107 cm³/mol. The first kappa shape index (κ1) is 20.0. The first-order chi connectivity index (χ1) is 12.6. The van der Waals surface area contributed by atoms with Gasteiger partial charge < -0.3 is 15.4 Å². The van der Waals surface area contributed by atoms with E-state index in [1.165, 1.54) is 0 Å². The van der Waals surface area contributed by atoms with Crippen molar-refractivity contribution in [3.63, 3.8) is 0 Å². The molecule has 0 atom stereocenters. The van der Waals surface area contributed by atoms with E-state index in [9.17, 15) is 9.59 Å². The minimum Gasteiger partial charge on any atom is -0.492 e. The lowest BCUT2D eigenvalue weighted by Gasteiger charge is -2.12. The van der Waals surface area contributed by atoms with Crippen LogP contribution < -0.4 is 15.4 Å². The smallest absolute Gasteiger partial charge is 0.255 e. The summed E-state index contributed by atoms with van der Waals surface area (Å²) in [5.41, 5.74) is 1.40. The summed E-state index contributed by atoms with van der Waals surface area (Å²) in [7, 11) is 0. The molecule has 5 nitrogen and oxygen atoms in total. The number of carbonyl (C=O) groups is 2. The van der Waals surface area contributed by atoms with Gasteiger partial charge in [-0.1, -0.05) is 26.0 Å². The van der Waals surface area contributed by atoms with Gasteiger partial charge >= 0.3 is 0 Å². The molecule has 0 saturated carbocycles. The fourth-order valence-electron chi connectivity index (χ4n) is 2.29. The number of para-hydroxylation sites is 1. The Bertz CT molecular complexity index is 777. The molecule has 0 heterocycles. The third kappa shape index (κ3) is 5.33. The molecule has 0 saturated heterocycles. The van der Waals surface area contributed by atoms with Crippen LogP contribution in [0.2, 0.25) is 0 Å². The van der Waals surface area contributed by atoms with E-state index in [0.29, 0.717) is 40.2 Å². The van der Waals surface area contributed by atoms with E-state index in [0.717, 1.165) is 12.8 Å². The van der Waals surface area contributed by atoms with Gasteiger partial charge in [0.25, 0.3) is 11.8 Å². The molecule has 26 heavy (non-hydrogen) atoms. The number of amides is 2. The first-order valence-corrected chi connectivity index (χ1v) is 9.47. The lowest BCUT2D eigenvalue weighted by Crippen LogP contribution is -2.25. The molecule has 2 N–H and O–H groups in total. The quantitative estimate of drug-likeness (QED) is 0.656. The number of anilines is 1. The van der Waals surface area contributed by atoms with E-state index in [4.69, 9.17) is 4.74 Å². The topological polar surface area (TPSA) is 67.4 Å². The highest BCUT2D eigenvalue weighted by atomic mass is 79.9. The maximum atomic E-state index is 12.6. The van der Waals surface area contributed by atoms with Crippen LogP contribution in [0.4, 0.5) is 5.69 Å². The van der Waals surface area contributed by atoms with E-state index >= 15 is 0 Å². The molecule has 2 aromatic rings. The van der Waals surface area contributed by atoms with Crippen molar-refractivity contribution in [1.82, 2.24) is 5.32 Å². The minimum atomic E-state index is -0.288. The van der Waals surface area contributed by atoms with Crippen LogP contribution >= 0.6 is 15.9 Å². The molecule has 2 rings (SSSR count). The average molecular weight is 419 g/mol. The van der Waals surface area contributed by atoms with Crippen LogP contribution in [-0.2, 0) is 0 Å². The Balaban J connectivity index is 2.15. The monoisotopic (exact) mass is 418 g/mol. The maximum Gasteiger partial charge on any atom is 0.255 e. The molecule has 138 valence electrons. The molecule has 2 amide bonds. The molecule has 0 aliphatic carbocycles. The molecule has 0 spiro atoms. The van der Waals surface area contributed by atoms with E-state index in [1.807, 2.05) is 13.8 Å². The fourth-order valence-corrected chi connectivity index (χ4v) is 2.78. The number of hydrogen-bond acceptors (Lipinski definition) is 3. The zero-order valence-electron chi connectivity index (χ0n) is 15.0. The highest BCUT2D eigenvalue weighted by molar-refractivity contribution is 9.10. The number of ether oxygens (including phenoxy) is 1. The average Bonchev–Trinajstić information content (AvgIpc) is 2.65. The molecule has 0 fully saturated rings. The molecular formula is C20H23BrN2O3. The van der Waals surface area contributed by atoms with Crippen LogP contribution in [0.5, 0.6) is 5.75 Å². The van der Waals surface area contributed by atoms with Crippen LogP contribution in [0.25, 0.3) is 0 Å². The minimum absolute atomic E-state index is 0.202. The molecule has 0 radical (unpaired) electrons. The number of nitrogens with one attached hydrogen (secondary N) is 2. The largest absolute Gasteiger partial charge is 0.492 e. The van der Waals surface area contributed by atoms with Gasteiger partial charge in [-0.15, -0.1) is 0 Å². The van der Waals surface area contributed by atoms with Crippen LogP contribution in [0.1, 0.15) is 47.4 Å². The van der Waals surface area contributed by atoms with Gasteiger partial charge in [-0.05, 0) is 59.1 Å². The second kappa shape index (κ2) is 9.97. The van der Waals surface area contributed by atoms with E-state index in [1.54, 1.807) is 42.5 Å². The normalized spacial score (nSPS) is 10.3. The fraction of sp³-hybridized carbons (Fsp3) is 0.300. The molecule has 6 heteroatoms. The Hall–Kier alpha value is -2.34. The van der Waals surface area contributed by atoms with Crippen LogP contribution in [-0.4, -0.2) is 25.0 Å². The second-order valence-electron chi connectivity index (χ2n) is 5.75.